The van der Waals surface area contributed by atoms with Crippen molar-refractivity contribution in [1.29, 1.82) is 0 Å². The summed E-state index contributed by atoms with van der Waals surface area (Å²) in [4.78, 5) is 12.5. The minimum atomic E-state index is -0.386. The van der Waals surface area contributed by atoms with Gasteiger partial charge in [-0.25, -0.2) is 4.39 Å². The first-order valence-electron chi connectivity index (χ1n) is 11.5. The molecule has 182 valence electrons. The van der Waals surface area contributed by atoms with Crippen LogP contribution in [-0.4, -0.2) is 26.4 Å². The van der Waals surface area contributed by atoms with Crippen molar-refractivity contribution in [2.45, 2.75) is 65.3 Å². The van der Waals surface area contributed by atoms with E-state index in [0.717, 1.165) is 22.7 Å². The Kier molecular flexibility index (Phi) is 8.72. The highest BCUT2D eigenvalue weighted by atomic mass is 32.2. The molecule has 0 aliphatic heterocycles. The molecule has 0 saturated heterocycles. The van der Waals surface area contributed by atoms with Crippen LogP contribution in [0.3, 0.4) is 0 Å². The van der Waals surface area contributed by atoms with Crippen LogP contribution in [0.15, 0.2) is 47.6 Å². The first-order valence-corrected chi connectivity index (χ1v) is 12.5. The van der Waals surface area contributed by atoms with Gasteiger partial charge < -0.3 is 14.6 Å². The molecule has 2 aromatic carbocycles. The van der Waals surface area contributed by atoms with Crippen molar-refractivity contribution in [2.24, 2.45) is 5.92 Å². The smallest absolute Gasteiger partial charge is 0.234 e. The SMILES string of the molecule is Cc1ccc(F)cc1NC(=O)CSc1nnc(C(C)Oc2ccccc2C(C)C)n1CC(C)C. The minimum absolute atomic E-state index is 0.137. The summed E-state index contributed by atoms with van der Waals surface area (Å²) >= 11 is 1.31. The molecule has 0 saturated carbocycles. The van der Waals surface area contributed by atoms with E-state index in [1.807, 2.05) is 36.6 Å². The molecule has 0 spiro atoms. The molecule has 8 heteroatoms. The lowest BCUT2D eigenvalue weighted by molar-refractivity contribution is -0.113. The van der Waals surface area contributed by atoms with E-state index in [4.69, 9.17) is 4.74 Å². The number of ether oxygens (including phenoxy) is 1. The van der Waals surface area contributed by atoms with E-state index >= 15 is 0 Å². The first-order chi connectivity index (χ1) is 16.2. The van der Waals surface area contributed by atoms with E-state index in [9.17, 15) is 9.18 Å². The topological polar surface area (TPSA) is 69.0 Å². The highest BCUT2D eigenvalue weighted by Gasteiger charge is 2.22. The van der Waals surface area contributed by atoms with Gasteiger partial charge in [0.25, 0.3) is 0 Å². The monoisotopic (exact) mass is 484 g/mol. The maximum atomic E-state index is 13.5. The van der Waals surface area contributed by atoms with Crippen LogP contribution in [0, 0.1) is 18.7 Å². The van der Waals surface area contributed by atoms with Gasteiger partial charge in [-0.15, -0.1) is 10.2 Å². The molecule has 34 heavy (non-hydrogen) atoms. The van der Waals surface area contributed by atoms with Crippen LogP contribution < -0.4 is 10.1 Å². The van der Waals surface area contributed by atoms with Crippen LogP contribution in [0.1, 0.15) is 63.6 Å². The van der Waals surface area contributed by atoms with Crippen molar-refractivity contribution in [3.63, 3.8) is 0 Å². The number of anilines is 1. The number of nitrogens with one attached hydrogen (secondary N) is 1. The van der Waals surface area contributed by atoms with Gasteiger partial charge in [0, 0.05) is 12.2 Å². The number of benzene rings is 2. The molecule has 0 bridgehead atoms. The Morgan fingerprint density at radius 2 is 1.85 bits per heavy atom. The Hall–Kier alpha value is -2.87. The summed E-state index contributed by atoms with van der Waals surface area (Å²) in [6.07, 6.45) is -0.315. The van der Waals surface area contributed by atoms with Gasteiger partial charge in [0.1, 0.15) is 11.6 Å². The number of thioether (sulfide) groups is 1. The maximum absolute atomic E-state index is 13.5. The average molecular weight is 485 g/mol. The van der Waals surface area contributed by atoms with Gasteiger partial charge in [0.05, 0.1) is 5.75 Å². The number of amides is 1. The van der Waals surface area contributed by atoms with E-state index in [-0.39, 0.29) is 23.6 Å². The summed E-state index contributed by atoms with van der Waals surface area (Å²) < 4.78 is 21.9. The summed E-state index contributed by atoms with van der Waals surface area (Å²) in [5.74, 6) is 1.77. The van der Waals surface area contributed by atoms with Crippen molar-refractivity contribution >= 4 is 23.4 Å². The van der Waals surface area contributed by atoms with Gasteiger partial charge >= 0.3 is 0 Å². The number of carbonyl (C=O) groups is 1. The number of halogens is 1. The molecular weight excluding hydrogens is 451 g/mol. The number of aryl methyl sites for hydroxylation is 1. The fourth-order valence-electron chi connectivity index (χ4n) is 3.60. The van der Waals surface area contributed by atoms with E-state index < -0.39 is 0 Å². The number of aromatic nitrogens is 3. The van der Waals surface area contributed by atoms with Gasteiger partial charge in [-0.3, -0.25) is 4.79 Å². The lowest BCUT2D eigenvalue weighted by Crippen LogP contribution is -2.17. The van der Waals surface area contributed by atoms with Crippen LogP contribution in [0.5, 0.6) is 5.75 Å². The fraction of sp³-hybridized carbons (Fsp3) is 0.423. The maximum Gasteiger partial charge on any atom is 0.234 e. The van der Waals surface area contributed by atoms with Gasteiger partial charge in [0.2, 0.25) is 5.91 Å². The molecule has 0 aliphatic carbocycles. The van der Waals surface area contributed by atoms with Crippen LogP contribution in [0.2, 0.25) is 0 Å². The Bertz CT molecular complexity index is 1130. The summed E-state index contributed by atoms with van der Waals surface area (Å²) in [6.45, 7) is 13.0. The Morgan fingerprint density at radius 1 is 1.12 bits per heavy atom. The molecule has 1 unspecified atom stereocenters. The van der Waals surface area contributed by atoms with Crippen molar-refractivity contribution in [3.05, 3.63) is 65.2 Å². The molecule has 3 aromatic rings. The third kappa shape index (κ3) is 6.59. The summed E-state index contributed by atoms with van der Waals surface area (Å²) in [7, 11) is 0. The molecule has 0 radical (unpaired) electrons. The molecule has 1 N–H and O–H groups in total. The molecule has 1 aromatic heterocycles. The number of nitrogens with zero attached hydrogens (tertiary/aromatic N) is 3. The fourth-order valence-corrected chi connectivity index (χ4v) is 4.35. The molecule has 3 rings (SSSR count). The second-order valence-electron chi connectivity index (χ2n) is 9.09. The highest BCUT2D eigenvalue weighted by Crippen LogP contribution is 2.31. The Balaban J connectivity index is 1.75. The first kappa shape index (κ1) is 25.7. The predicted molar refractivity (Wildman–Crippen MR) is 135 cm³/mol. The second-order valence-corrected chi connectivity index (χ2v) is 10.0. The van der Waals surface area contributed by atoms with Crippen LogP contribution in [0.25, 0.3) is 0 Å². The number of rotatable bonds is 10. The van der Waals surface area contributed by atoms with E-state index in [2.05, 4.69) is 49.3 Å². The number of para-hydroxylation sites is 1. The Morgan fingerprint density at radius 3 is 2.56 bits per heavy atom. The number of hydrogen-bond donors (Lipinski definition) is 1. The standard InChI is InChI=1S/C26H33FN4O2S/c1-16(2)14-31-25(19(6)33-23-10-8-7-9-21(23)17(3)4)29-30-26(31)34-15-24(32)28-22-13-20(27)12-11-18(22)5/h7-13,16-17,19H,14-15H2,1-6H3,(H,28,32). The minimum Gasteiger partial charge on any atom is -0.482 e. The largest absolute Gasteiger partial charge is 0.482 e. The molecule has 1 atom stereocenters. The number of hydrogen-bond acceptors (Lipinski definition) is 5. The zero-order valence-electron chi connectivity index (χ0n) is 20.6. The normalized spacial score (nSPS) is 12.3. The summed E-state index contributed by atoms with van der Waals surface area (Å²) in [6, 6.07) is 12.4. The second kappa shape index (κ2) is 11.5. The molecule has 0 aliphatic rings. The van der Waals surface area contributed by atoms with Gasteiger partial charge in [-0.2, -0.15) is 0 Å². The van der Waals surface area contributed by atoms with Crippen molar-refractivity contribution < 1.29 is 13.9 Å². The molecule has 1 amide bonds. The van der Waals surface area contributed by atoms with E-state index in [0.29, 0.717) is 29.2 Å². The predicted octanol–water partition coefficient (Wildman–Crippen LogP) is 6.38. The quantitative estimate of drug-likeness (QED) is 0.338. The van der Waals surface area contributed by atoms with Crippen molar-refractivity contribution in [2.75, 3.05) is 11.1 Å². The van der Waals surface area contributed by atoms with Gasteiger partial charge in [-0.1, -0.05) is 63.7 Å². The molecular formula is C26H33FN4O2S. The van der Waals surface area contributed by atoms with Crippen LogP contribution >= 0.6 is 11.8 Å². The molecule has 1 heterocycles. The van der Waals surface area contributed by atoms with Gasteiger partial charge in [0.15, 0.2) is 17.1 Å². The average Bonchev–Trinajstić information content (AvgIpc) is 3.17. The lowest BCUT2D eigenvalue weighted by Gasteiger charge is -2.20. The molecule has 6 nitrogen and oxygen atoms in total. The van der Waals surface area contributed by atoms with E-state index in [1.54, 1.807) is 6.07 Å². The third-order valence-corrected chi connectivity index (χ3v) is 6.27. The van der Waals surface area contributed by atoms with E-state index in [1.165, 1.54) is 23.9 Å². The summed E-state index contributed by atoms with van der Waals surface area (Å²) in [5.41, 5.74) is 2.42. The van der Waals surface area contributed by atoms with Crippen molar-refractivity contribution in [3.8, 4) is 5.75 Å². The zero-order chi connectivity index (χ0) is 24.8. The summed E-state index contributed by atoms with van der Waals surface area (Å²) in [5, 5.41) is 12.2. The highest BCUT2D eigenvalue weighted by molar-refractivity contribution is 7.99. The number of carbonyl (C=O) groups excluding carboxylic acids is 1. The lowest BCUT2D eigenvalue weighted by atomic mass is 10.0. The van der Waals surface area contributed by atoms with Gasteiger partial charge in [-0.05, 0) is 55.0 Å². The Labute approximate surface area is 205 Å². The van der Waals surface area contributed by atoms with Crippen LogP contribution in [-0.2, 0) is 11.3 Å². The van der Waals surface area contributed by atoms with Crippen LogP contribution in [0.4, 0.5) is 10.1 Å². The van der Waals surface area contributed by atoms with Crippen molar-refractivity contribution in [1.82, 2.24) is 14.8 Å². The zero-order valence-corrected chi connectivity index (χ0v) is 21.4. The molecule has 0 fully saturated rings. The third-order valence-electron chi connectivity index (χ3n) is 5.31.